The molecule has 0 aromatic carbocycles. The topological polar surface area (TPSA) is 18.5 Å². The van der Waals surface area contributed by atoms with Gasteiger partial charge in [-0.3, -0.25) is 0 Å². The molecule has 0 radical (unpaired) electrons. The summed E-state index contributed by atoms with van der Waals surface area (Å²) in [5.41, 5.74) is 0.0660. The van der Waals surface area contributed by atoms with Crippen molar-refractivity contribution < 1.29 is 9.47 Å². The van der Waals surface area contributed by atoms with Crippen molar-refractivity contribution in [3.05, 3.63) is 25.2 Å². The van der Waals surface area contributed by atoms with E-state index in [1.807, 2.05) is 13.0 Å². The zero-order chi connectivity index (χ0) is 7.95. The van der Waals surface area contributed by atoms with Gasteiger partial charge in [-0.1, -0.05) is 6.08 Å². The van der Waals surface area contributed by atoms with Crippen LogP contribution in [0.4, 0.5) is 0 Å². The minimum atomic E-state index is -0.477. The molecule has 0 N–H and O–H groups in total. The van der Waals surface area contributed by atoms with Crippen LogP contribution in [-0.2, 0) is 9.47 Å². The molecule has 0 unspecified atom stereocenters. The normalized spacial score (nSPS) is 28.8. The lowest BCUT2D eigenvalue weighted by atomic mass is 9.97. The first-order chi connectivity index (χ1) is 5.22. The van der Waals surface area contributed by atoms with E-state index in [-0.39, 0.29) is 5.41 Å². The van der Waals surface area contributed by atoms with Gasteiger partial charge in [0.25, 0.3) is 5.79 Å². The van der Waals surface area contributed by atoms with Gasteiger partial charge in [0.2, 0.25) is 0 Å². The van der Waals surface area contributed by atoms with Crippen molar-refractivity contribution in [1.29, 1.82) is 0 Å². The Kier molecular flexibility index (Phi) is 1.12. The second-order valence-electron chi connectivity index (χ2n) is 3.31. The second-order valence-corrected chi connectivity index (χ2v) is 3.31. The van der Waals surface area contributed by atoms with Gasteiger partial charge >= 0.3 is 0 Å². The molecule has 0 amide bonds. The summed E-state index contributed by atoms with van der Waals surface area (Å²) in [6.07, 6.45) is 7.39. The smallest absolute Gasteiger partial charge is 0.255 e. The molecule has 11 heavy (non-hydrogen) atoms. The van der Waals surface area contributed by atoms with E-state index in [2.05, 4.69) is 6.58 Å². The average molecular weight is 152 g/mol. The predicted molar refractivity (Wildman–Crippen MR) is 41.6 cm³/mol. The molecular weight excluding hydrogens is 140 g/mol. The molecular formula is C9H12O2. The highest BCUT2D eigenvalue weighted by atomic mass is 16.7. The van der Waals surface area contributed by atoms with Gasteiger partial charge in [-0.2, -0.15) is 0 Å². The van der Waals surface area contributed by atoms with Gasteiger partial charge < -0.3 is 9.47 Å². The lowest BCUT2D eigenvalue weighted by molar-refractivity contribution is -0.164. The molecule has 0 aromatic rings. The zero-order valence-electron chi connectivity index (χ0n) is 6.67. The number of hydrogen-bond donors (Lipinski definition) is 0. The van der Waals surface area contributed by atoms with Crippen LogP contribution in [0.5, 0.6) is 0 Å². The molecule has 2 rings (SSSR count). The fraction of sp³-hybridized carbons (Fsp3) is 0.556. The fourth-order valence-electron chi connectivity index (χ4n) is 1.56. The highest BCUT2D eigenvalue weighted by molar-refractivity contribution is 5.15. The quantitative estimate of drug-likeness (QED) is 0.565. The van der Waals surface area contributed by atoms with E-state index in [0.717, 1.165) is 12.8 Å². The lowest BCUT2D eigenvalue weighted by Gasteiger charge is -2.29. The van der Waals surface area contributed by atoms with Crippen molar-refractivity contribution in [2.75, 3.05) is 0 Å². The summed E-state index contributed by atoms with van der Waals surface area (Å²) in [5.74, 6) is -0.477. The maximum atomic E-state index is 5.38. The van der Waals surface area contributed by atoms with Crippen LogP contribution in [0.3, 0.4) is 0 Å². The van der Waals surface area contributed by atoms with Crippen molar-refractivity contribution in [2.24, 2.45) is 5.41 Å². The molecule has 2 heteroatoms. The van der Waals surface area contributed by atoms with Gasteiger partial charge in [0, 0.05) is 6.92 Å². The average Bonchev–Trinajstić information content (AvgIpc) is 2.71. The monoisotopic (exact) mass is 152 g/mol. The van der Waals surface area contributed by atoms with E-state index in [1.54, 1.807) is 12.5 Å². The van der Waals surface area contributed by atoms with E-state index >= 15 is 0 Å². The van der Waals surface area contributed by atoms with Crippen LogP contribution in [0.15, 0.2) is 25.2 Å². The summed E-state index contributed by atoms with van der Waals surface area (Å²) in [7, 11) is 0. The summed E-state index contributed by atoms with van der Waals surface area (Å²) < 4.78 is 10.8. The van der Waals surface area contributed by atoms with Crippen molar-refractivity contribution in [1.82, 2.24) is 0 Å². The molecule has 0 atom stereocenters. The van der Waals surface area contributed by atoms with E-state index in [9.17, 15) is 0 Å². The van der Waals surface area contributed by atoms with Gasteiger partial charge in [-0.15, -0.1) is 6.58 Å². The van der Waals surface area contributed by atoms with E-state index in [1.165, 1.54) is 0 Å². The Morgan fingerprint density at radius 3 is 2.27 bits per heavy atom. The molecule has 0 bridgehead atoms. The second kappa shape index (κ2) is 1.81. The predicted octanol–water partition coefficient (Wildman–Crippen LogP) is 2.19. The van der Waals surface area contributed by atoms with Crippen LogP contribution in [-0.4, -0.2) is 5.79 Å². The summed E-state index contributed by atoms with van der Waals surface area (Å²) in [6, 6.07) is 0. The first-order valence-electron chi connectivity index (χ1n) is 3.87. The first kappa shape index (κ1) is 6.77. The van der Waals surface area contributed by atoms with Crippen molar-refractivity contribution in [2.45, 2.75) is 25.6 Å². The Morgan fingerprint density at radius 2 is 1.91 bits per heavy atom. The Balaban J connectivity index is 2.20. The molecule has 1 aliphatic heterocycles. The number of ether oxygens (including phenoxy) is 2. The molecule has 2 aliphatic rings. The Hall–Kier alpha value is -0.920. The van der Waals surface area contributed by atoms with E-state index < -0.39 is 5.79 Å². The number of rotatable bonds is 2. The van der Waals surface area contributed by atoms with Gasteiger partial charge in [0.1, 0.15) is 12.5 Å². The molecule has 1 aliphatic carbocycles. The molecule has 60 valence electrons. The summed E-state index contributed by atoms with van der Waals surface area (Å²) in [4.78, 5) is 0. The van der Waals surface area contributed by atoms with Crippen LogP contribution >= 0.6 is 0 Å². The lowest BCUT2D eigenvalue weighted by Crippen LogP contribution is -2.35. The van der Waals surface area contributed by atoms with Crippen LogP contribution in [0.25, 0.3) is 0 Å². The number of hydrogen-bond acceptors (Lipinski definition) is 2. The maximum Gasteiger partial charge on any atom is 0.255 e. The van der Waals surface area contributed by atoms with Crippen LogP contribution in [0, 0.1) is 5.41 Å². The summed E-state index contributed by atoms with van der Waals surface area (Å²) in [5, 5.41) is 0. The fourth-order valence-corrected chi connectivity index (χ4v) is 1.56. The third-order valence-corrected chi connectivity index (χ3v) is 2.73. The Bertz CT molecular complexity index is 206. The van der Waals surface area contributed by atoms with Gasteiger partial charge in [0.15, 0.2) is 0 Å². The Morgan fingerprint density at radius 1 is 1.36 bits per heavy atom. The minimum absolute atomic E-state index is 0.0660. The van der Waals surface area contributed by atoms with E-state index in [4.69, 9.17) is 9.47 Å². The molecule has 0 aromatic heterocycles. The zero-order valence-corrected chi connectivity index (χ0v) is 6.67. The third kappa shape index (κ3) is 0.724. The molecule has 0 spiro atoms. The molecule has 1 fully saturated rings. The highest BCUT2D eigenvalue weighted by Crippen LogP contribution is 2.58. The third-order valence-electron chi connectivity index (χ3n) is 2.73. The van der Waals surface area contributed by atoms with Crippen molar-refractivity contribution in [3.63, 3.8) is 0 Å². The van der Waals surface area contributed by atoms with Crippen LogP contribution in [0.1, 0.15) is 19.8 Å². The maximum absolute atomic E-state index is 5.38. The summed E-state index contributed by atoms with van der Waals surface area (Å²) in [6.45, 7) is 5.76. The van der Waals surface area contributed by atoms with Crippen LogP contribution < -0.4 is 0 Å². The largest absolute Gasteiger partial charge is 0.456 e. The van der Waals surface area contributed by atoms with Crippen molar-refractivity contribution >= 4 is 0 Å². The van der Waals surface area contributed by atoms with E-state index in [0.29, 0.717) is 0 Å². The molecule has 0 saturated heterocycles. The summed E-state index contributed by atoms with van der Waals surface area (Å²) >= 11 is 0. The van der Waals surface area contributed by atoms with Gasteiger partial charge in [-0.25, -0.2) is 0 Å². The Labute approximate surface area is 66.5 Å². The minimum Gasteiger partial charge on any atom is -0.456 e. The van der Waals surface area contributed by atoms with Crippen molar-refractivity contribution in [3.8, 4) is 0 Å². The van der Waals surface area contributed by atoms with Crippen LogP contribution in [0.2, 0.25) is 0 Å². The molecule has 2 nitrogen and oxygen atoms in total. The first-order valence-corrected chi connectivity index (χ1v) is 3.87. The SMILES string of the molecule is C=CC1(C2(C)OC=CO2)CC1. The highest BCUT2D eigenvalue weighted by Gasteiger charge is 2.59. The van der Waals surface area contributed by atoms with Gasteiger partial charge in [0.05, 0.1) is 5.41 Å². The molecule has 1 heterocycles. The molecule has 1 saturated carbocycles. The standard InChI is InChI=1S/C9H12O2/c1-3-9(4-5-9)8(2)10-6-7-11-8/h3,6-7H,1,4-5H2,2H3. The van der Waals surface area contributed by atoms with Gasteiger partial charge in [-0.05, 0) is 12.8 Å².